The number of thiophene rings is 1. The van der Waals surface area contributed by atoms with Crippen LogP contribution in [0.3, 0.4) is 0 Å². The van der Waals surface area contributed by atoms with E-state index in [0.717, 1.165) is 49.6 Å². The van der Waals surface area contributed by atoms with E-state index in [1.807, 2.05) is 11.8 Å². The Kier molecular flexibility index (Phi) is 5.88. The highest BCUT2D eigenvalue weighted by Gasteiger charge is 2.25. The second kappa shape index (κ2) is 8.35. The maximum atomic E-state index is 12.7. The van der Waals surface area contributed by atoms with E-state index in [0.29, 0.717) is 11.1 Å². The number of nitrogens with zero attached hydrogens (tertiary/aromatic N) is 3. The molecule has 0 bridgehead atoms. The largest absolute Gasteiger partial charge is 0.410 e. The molecule has 1 fully saturated rings. The average Bonchev–Trinajstić information content (AvgIpc) is 3.19. The summed E-state index contributed by atoms with van der Waals surface area (Å²) >= 11 is 3.15. The zero-order valence-corrected chi connectivity index (χ0v) is 17.7. The van der Waals surface area contributed by atoms with Gasteiger partial charge in [0.05, 0.1) is 10.1 Å². The number of hydrogen-bond donors (Lipinski definition) is 0. The monoisotopic (exact) mass is 405 g/mol. The minimum Gasteiger partial charge on any atom is -0.410 e. The van der Waals surface area contributed by atoms with E-state index < -0.39 is 0 Å². The summed E-state index contributed by atoms with van der Waals surface area (Å²) in [5, 5.41) is 8.71. The summed E-state index contributed by atoms with van der Waals surface area (Å²) in [4.78, 5) is 17.2. The van der Waals surface area contributed by atoms with Crippen LogP contribution in [-0.4, -0.2) is 39.3 Å². The van der Waals surface area contributed by atoms with Crippen molar-refractivity contribution in [3.05, 3.63) is 16.5 Å². The third kappa shape index (κ3) is 4.40. The molecular formula is C20H27N3O2S2. The van der Waals surface area contributed by atoms with Crippen molar-refractivity contribution >= 4 is 29.0 Å². The van der Waals surface area contributed by atoms with Crippen LogP contribution in [0.15, 0.2) is 15.7 Å². The normalized spacial score (nSPS) is 21.6. The predicted molar refractivity (Wildman–Crippen MR) is 109 cm³/mol. The van der Waals surface area contributed by atoms with Gasteiger partial charge in [-0.3, -0.25) is 4.79 Å². The topological polar surface area (TPSA) is 59.2 Å². The molecule has 5 nitrogen and oxygen atoms in total. The number of aromatic nitrogens is 2. The number of hydrogen-bond acceptors (Lipinski definition) is 6. The number of carbonyl (C=O) groups is 1. The number of likely N-dealkylation sites (tertiary alicyclic amines) is 1. The van der Waals surface area contributed by atoms with Crippen LogP contribution in [0.5, 0.6) is 0 Å². The highest BCUT2D eigenvalue weighted by atomic mass is 32.2. The molecule has 0 radical (unpaired) electrons. The fourth-order valence-corrected chi connectivity index (χ4v) is 5.82. The molecule has 0 N–H and O–H groups in total. The van der Waals surface area contributed by atoms with Crippen molar-refractivity contribution in [3.8, 4) is 10.8 Å². The van der Waals surface area contributed by atoms with Gasteiger partial charge in [-0.1, -0.05) is 31.5 Å². The highest BCUT2D eigenvalue weighted by molar-refractivity contribution is 8.00. The van der Waals surface area contributed by atoms with Crippen molar-refractivity contribution < 1.29 is 9.21 Å². The average molecular weight is 406 g/mol. The Bertz CT molecular complexity index is 793. The molecule has 27 heavy (non-hydrogen) atoms. The summed E-state index contributed by atoms with van der Waals surface area (Å²) in [6.45, 7) is 5.99. The third-order valence-electron chi connectivity index (χ3n) is 5.49. The van der Waals surface area contributed by atoms with Crippen molar-refractivity contribution in [2.24, 2.45) is 5.92 Å². The smallest absolute Gasteiger partial charge is 0.277 e. The first-order valence-corrected chi connectivity index (χ1v) is 11.7. The van der Waals surface area contributed by atoms with E-state index in [4.69, 9.17) is 4.42 Å². The third-order valence-corrected chi connectivity index (χ3v) is 7.64. The minimum absolute atomic E-state index is 0.183. The molecule has 146 valence electrons. The van der Waals surface area contributed by atoms with Crippen molar-refractivity contribution in [2.45, 2.75) is 69.3 Å². The van der Waals surface area contributed by atoms with Crippen LogP contribution in [0.25, 0.3) is 10.8 Å². The summed E-state index contributed by atoms with van der Waals surface area (Å²) in [5.74, 6) is 1.51. The number of carbonyl (C=O) groups excluding carboxylic acids is 1. The molecule has 3 heterocycles. The molecule has 0 saturated carbocycles. The van der Waals surface area contributed by atoms with Gasteiger partial charge in [0.25, 0.3) is 11.1 Å². The molecule has 0 aromatic carbocycles. The molecule has 1 saturated heterocycles. The molecule has 7 heteroatoms. The first kappa shape index (κ1) is 19.0. The van der Waals surface area contributed by atoms with Gasteiger partial charge in [0.1, 0.15) is 0 Å². The molecule has 4 rings (SSSR count). The molecule has 1 aliphatic carbocycles. The van der Waals surface area contributed by atoms with Crippen molar-refractivity contribution in [1.82, 2.24) is 15.1 Å². The maximum Gasteiger partial charge on any atom is 0.277 e. The van der Waals surface area contributed by atoms with Gasteiger partial charge in [-0.25, -0.2) is 0 Å². The van der Waals surface area contributed by atoms with E-state index in [-0.39, 0.29) is 11.2 Å². The molecule has 1 amide bonds. The molecule has 2 aromatic heterocycles. The summed E-state index contributed by atoms with van der Waals surface area (Å²) in [6.07, 6.45) is 8.21. The first-order valence-electron chi connectivity index (χ1n) is 10.0. The first-order chi connectivity index (χ1) is 13.1. The molecule has 2 atom stereocenters. The van der Waals surface area contributed by atoms with Crippen LogP contribution >= 0.6 is 23.1 Å². The molecule has 0 unspecified atom stereocenters. The Morgan fingerprint density at radius 1 is 1.30 bits per heavy atom. The lowest BCUT2D eigenvalue weighted by Gasteiger charge is -2.23. The number of thioether (sulfide) groups is 1. The molecule has 2 aliphatic rings. The van der Waals surface area contributed by atoms with Gasteiger partial charge >= 0.3 is 0 Å². The van der Waals surface area contributed by atoms with E-state index >= 15 is 0 Å². The quantitative estimate of drug-likeness (QED) is 0.684. The minimum atomic E-state index is -0.200. The Balaban J connectivity index is 1.41. The highest BCUT2D eigenvalue weighted by Crippen LogP contribution is 2.37. The van der Waals surface area contributed by atoms with Gasteiger partial charge in [0.15, 0.2) is 0 Å². The van der Waals surface area contributed by atoms with Gasteiger partial charge in [0, 0.05) is 18.0 Å². The predicted octanol–water partition coefficient (Wildman–Crippen LogP) is 4.81. The Hall–Kier alpha value is -1.34. The van der Waals surface area contributed by atoms with Crippen LogP contribution in [0.2, 0.25) is 0 Å². The number of rotatable bonds is 4. The van der Waals surface area contributed by atoms with Gasteiger partial charge in [-0.15, -0.1) is 21.5 Å². The molecule has 2 aromatic rings. The van der Waals surface area contributed by atoms with Crippen LogP contribution in [0.4, 0.5) is 0 Å². The lowest BCUT2D eigenvalue weighted by molar-refractivity contribution is -0.130. The van der Waals surface area contributed by atoms with Crippen molar-refractivity contribution in [3.63, 3.8) is 0 Å². The lowest BCUT2D eigenvalue weighted by Crippen LogP contribution is -2.37. The second-order valence-corrected chi connectivity index (χ2v) is 10.2. The molecular weight excluding hydrogens is 378 g/mol. The van der Waals surface area contributed by atoms with Crippen LogP contribution in [0.1, 0.15) is 56.4 Å². The van der Waals surface area contributed by atoms with Crippen LogP contribution in [0, 0.1) is 5.92 Å². The van der Waals surface area contributed by atoms with Crippen molar-refractivity contribution in [2.75, 3.05) is 13.1 Å². The number of amides is 1. The summed E-state index contributed by atoms with van der Waals surface area (Å²) < 4.78 is 5.89. The summed E-state index contributed by atoms with van der Waals surface area (Å²) in [7, 11) is 0. The molecule has 0 spiro atoms. The summed E-state index contributed by atoms with van der Waals surface area (Å²) in [6, 6.07) is 2.21. The SMILES string of the molecule is C[C@@H]1CCc2sc(-c3nnc(S[C@H](C)C(=O)N4CCCCCC4)o3)cc2C1. The summed E-state index contributed by atoms with van der Waals surface area (Å²) in [5.41, 5.74) is 1.44. The zero-order valence-electron chi connectivity index (χ0n) is 16.1. The Morgan fingerprint density at radius 3 is 2.85 bits per heavy atom. The number of fused-ring (bicyclic) bond motifs is 1. The van der Waals surface area contributed by atoms with Gasteiger partial charge in [0.2, 0.25) is 5.91 Å². The van der Waals surface area contributed by atoms with E-state index in [9.17, 15) is 4.79 Å². The van der Waals surface area contributed by atoms with Crippen molar-refractivity contribution in [1.29, 1.82) is 0 Å². The van der Waals surface area contributed by atoms with E-state index in [1.165, 1.54) is 41.5 Å². The Labute approximate surface area is 168 Å². The second-order valence-electron chi connectivity index (χ2n) is 7.78. The van der Waals surface area contributed by atoms with Crippen LogP contribution < -0.4 is 0 Å². The Morgan fingerprint density at radius 2 is 2.07 bits per heavy atom. The van der Waals surface area contributed by atoms with Gasteiger partial charge < -0.3 is 9.32 Å². The lowest BCUT2D eigenvalue weighted by atomic mass is 9.90. The maximum absolute atomic E-state index is 12.7. The number of aryl methyl sites for hydroxylation is 1. The van der Waals surface area contributed by atoms with E-state index in [2.05, 4.69) is 23.2 Å². The molecule has 1 aliphatic heterocycles. The van der Waals surface area contributed by atoms with Crippen LogP contribution in [-0.2, 0) is 17.6 Å². The fourth-order valence-electron chi connectivity index (χ4n) is 3.92. The van der Waals surface area contributed by atoms with Gasteiger partial charge in [-0.05, 0) is 56.6 Å². The zero-order chi connectivity index (χ0) is 18.8. The van der Waals surface area contributed by atoms with E-state index in [1.54, 1.807) is 11.3 Å². The van der Waals surface area contributed by atoms with Gasteiger partial charge in [-0.2, -0.15) is 0 Å². The standard InChI is InChI=1S/C20H27N3O2S2/c1-13-7-8-16-15(11-13)12-17(27-16)18-21-22-20(25-18)26-14(2)19(24)23-9-5-3-4-6-10-23/h12-14H,3-11H2,1-2H3/t13-,14-/m1/s1. The fraction of sp³-hybridized carbons (Fsp3) is 0.650.